The molecule has 0 saturated heterocycles. The Bertz CT molecular complexity index is 527. The first-order valence-electron chi connectivity index (χ1n) is 7.02. The number of ether oxygens (including phenoxy) is 1. The SMILES string of the molecule is CN=C(NCCCCC(=O)OC)NCc1cc(F)ccc1F.I. The van der Waals surface area contributed by atoms with Crippen molar-refractivity contribution >= 4 is 35.9 Å². The third-order valence-corrected chi connectivity index (χ3v) is 3.01. The Morgan fingerprint density at radius 1 is 1.26 bits per heavy atom. The number of benzene rings is 1. The molecule has 0 radical (unpaired) electrons. The van der Waals surface area contributed by atoms with E-state index < -0.39 is 11.6 Å². The molecule has 130 valence electrons. The molecule has 0 aliphatic rings. The average molecular weight is 441 g/mol. The Balaban J connectivity index is 0.00000484. The molecule has 2 N–H and O–H groups in total. The second kappa shape index (κ2) is 12.0. The van der Waals surface area contributed by atoms with E-state index in [2.05, 4.69) is 20.4 Å². The lowest BCUT2D eigenvalue weighted by atomic mass is 10.2. The van der Waals surface area contributed by atoms with E-state index in [-0.39, 0.29) is 42.1 Å². The summed E-state index contributed by atoms with van der Waals surface area (Å²) in [6.45, 7) is 0.744. The summed E-state index contributed by atoms with van der Waals surface area (Å²) in [6, 6.07) is 3.31. The van der Waals surface area contributed by atoms with Gasteiger partial charge in [-0.2, -0.15) is 0 Å². The molecule has 0 unspecified atom stereocenters. The summed E-state index contributed by atoms with van der Waals surface area (Å²) >= 11 is 0. The van der Waals surface area contributed by atoms with E-state index in [0.29, 0.717) is 25.3 Å². The van der Waals surface area contributed by atoms with E-state index in [4.69, 9.17) is 0 Å². The summed E-state index contributed by atoms with van der Waals surface area (Å²) < 4.78 is 31.1. The molecule has 0 bridgehead atoms. The zero-order chi connectivity index (χ0) is 16.4. The van der Waals surface area contributed by atoms with Crippen molar-refractivity contribution in [1.29, 1.82) is 0 Å². The summed E-state index contributed by atoms with van der Waals surface area (Å²) in [7, 11) is 2.95. The normalized spacial score (nSPS) is 10.7. The van der Waals surface area contributed by atoms with E-state index in [1.165, 1.54) is 7.11 Å². The number of carbonyl (C=O) groups is 1. The van der Waals surface area contributed by atoms with Crippen molar-refractivity contribution in [1.82, 2.24) is 10.6 Å². The molecule has 0 fully saturated rings. The summed E-state index contributed by atoms with van der Waals surface area (Å²) in [5, 5.41) is 5.94. The van der Waals surface area contributed by atoms with Gasteiger partial charge in [-0.05, 0) is 31.0 Å². The molecular weight excluding hydrogens is 419 g/mol. The topological polar surface area (TPSA) is 62.7 Å². The lowest BCUT2D eigenvalue weighted by Crippen LogP contribution is -2.37. The number of aliphatic imine (C=N–C) groups is 1. The van der Waals surface area contributed by atoms with Crippen LogP contribution in [0.1, 0.15) is 24.8 Å². The maximum Gasteiger partial charge on any atom is 0.305 e. The smallest absolute Gasteiger partial charge is 0.305 e. The molecule has 23 heavy (non-hydrogen) atoms. The van der Waals surface area contributed by atoms with E-state index in [1.54, 1.807) is 7.05 Å². The molecule has 5 nitrogen and oxygen atoms in total. The molecule has 0 saturated carbocycles. The third kappa shape index (κ3) is 8.68. The minimum atomic E-state index is -0.482. The van der Waals surface area contributed by atoms with Crippen molar-refractivity contribution in [2.75, 3.05) is 20.7 Å². The molecule has 0 atom stereocenters. The Morgan fingerprint density at radius 3 is 2.65 bits per heavy atom. The van der Waals surface area contributed by atoms with Crippen LogP contribution < -0.4 is 10.6 Å². The largest absolute Gasteiger partial charge is 0.469 e. The number of hydrogen-bond donors (Lipinski definition) is 2. The summed E-state index contributed by atoms with van der Waals surface area (Å²) in [5.74, 6) is -0.697. The first kappa shape index (κ1) is 21.6. The summed E-state index contributed by atoms with van der Waals surface area (Å²) in [4.78, 5) is 14.9. The van der Waals surface area contributed by atoms with Crippen molar-refractivity contribution in [3.63, 3.8) is 0 Å². The van der Waals surface area contributed by atoms with Crippen LogP contribution in [0.5, 0.6) is 0 Å². The monoisotopic (exact) mass is 441 g/mol. The summed E-state index contributed by atoms with van der Waals surface area (Å²) in [6.07, 6.45) is 1.85. The van der Waals surface area contributed by atoms with Gasteiger partial charge in [0, 0.05) is 32.1 Å². The number of hydrogen-bond acceptors (Lipinski definition) is 3. The molecular formula is C15H22F2IN3O2. The maximum absolute atomic E-state index is 13.5. The number of nitrogens with zero attached hydrogens (tertiary/aromatic N) is 1. The highest BCUT2D eigenvalue weighted by molar-refractivity contribution is 14.0. The number of rotatable bonds is 7. The fraction of sp³-hybridized carbons (Fsp3) is 0.467. The van der Waals surface area contributed by atoms with E-state index >= 15 is 0 Å². The van der Waals surface area contributed by atoms with Crippen LogP contribution in [0.3, 0.4) is 0 Å². The van der Waals surface area contributed by atoms with Crippen molar-refractivity contribution in [2.45, 2.75) is 25.8 Å². The standard InChI is InChI=1S/C15H21F2N3O2.HI/c1-18-15(19-8-4-3-5-14(21)22-2)20-10-11-9-12(16)6-7-13(11)17;/h6-7,9H,3-5,8,10H2,1-2H3,(H2,18,19,20);1H. The fourth-order valence-corrected chi connectivity index (χ4v) is 1.78. The van der Waals surface area contributed by atoms with Gasteiger partial charge in [-0.25, -0.2) is 8.78 Å². The van der Waals surface area contributed by atoms with Gasteiger partial charge in [0.2, 0.25) is 0 Å². The number of methoxy groups -OCH3 is 1. The number of esters is 1. The maximum atomic E-state index is 13.5. The molecule has 0 spiro atoms. The van der Waals surface area contributed by atoms with Crippen LogP contribution in [0, 0.1) is 11.6 Å². The fourth-order valence-electron chi connectivity index (χ4n) is 1.78. The highest BCUT2D eigenvalue weighted by atomic mass is 127. The molecule has 8 heteroatoms. The van der Waals surface area contributed by atoms with Gasteiger partial charge in [0.15, 0.2) is 5.96 Å². The molecule has 0 aliphatic heterocycles. The molecule has 1 rings (SSSR count). The first-order valence-corrected chi connectivity index (χ1v) is 7.02. The zero-order valence-electron chi connectivity index (χ0n) is 13.2. The molecule has 0 heterocycles. The van der Waals surface area contributed by atoms with Gasteiger partial charge in [-0.15, -0.1) is 24.0 Å². The van der Waals surface area contributed by atoms with E-state index in [0.717, 1.165) is 24.6 Å². The Hall–Kier alpha value is -1.45. The highest BCUT2D eigenvalue weighted by Gasteiger charge is 2.05. The molecule has 0 aromatic heterocycles. The van der Waals surface area contributed by atoms with Crippen LogP contribution in [-0.2, 0) is 16.1 Å². The quantitative estimate of drug-likeness (QED) is 0.225. The molecule has 0 amide bonds. The number of halogens is 3. The minimum absolute atomic E-state index is 0. The van der Waals surface area contributed by atoms with Crippen LogP contribution in [-0.4, -0.2) is 32.6 Å². The second-order valence-corrected chi connectivity index (χ2v) is 4.62. The predicted octanol–water partition coefficient (Wildman–Crippen LogP) is 2.59. The van der Waals surface area contributed by atoms with Gasteiger partial charge < -0.3 is 15.4 Å². The summed E-state index contributed by atoms with van der Waals surface area (Å²) in [5.41, 5.74) is 0.230. The van der Waals surface area contributed by atoms with Crippen LogP contribution in [0.4, 0.5) is 8.78 Å². The predicted molar refractivity (Wildman–Crippen MR) is 95.8 cm³/mol. The third-order valence-electron chi connectivity index (χ3n) is 3.01. The van der Waals surface area contributed by atoms with Gasteiger partial charge in [-0.3, -0.25) is 9.79 Å². The number of unbranched alkanes of at least 4 members (excludes halogenated alkanes) is 1. The second-order valence-electron chi connectivity index (χ2n) is 4.62. The molecule has 1 aromatic rings. The van der Waals surface area contributed by atoms with Crippen molar-refractivity contribution < 1.29 is 18.3 Å². The van der Waals surface area contributed by atoms with Gasteiger partial charge >= 0.3 is 5.97 Å². The molecule has 1 aromatic carbocycles. The number of carbonyl (C=O) groups excluding carboxylic acids is 1. The van der Waals surface area contributed by atoms with Gasteiger partial charge in [0.25, 0.3) is 0 Å². The van der Waals surface area contributed by atoms with E-state index in [9.17, 15) is 13.6 Å². The van der Waals surface area contributed by atoms with Gasteiger partial charge in [0.1, 0.15) is 11.6 Å². The van der Waals surface area contributed by atoms with Gasteiger partial charge in [0.05, 0.1) is 7.11 Å². The highest BCUT2D eigenvalue weighted by Crippen LogP contribution is 2.09. The van der Waals surface area contributed by atoms with E-state index in [1.807, 2.05) is 0 Å². The van der Waals surface area contributed by atoms with Crippen molar-refractivity contribution in [3.8, 4) is 0 Å². The average Bonchev–Trinajstić information content (AvgIpc) is 2.52. The lowest BCUT2D eigenvalue weighted by molar-refractivity contribution is -0.140. The van der Waals surface area contributed by atoms with Crippen LogP contribution >= 0.6 is 24.0 Å². The van der Waals surface area contributed by atoms with Gasteiger partial charge in [-0.1, -0.05) is 0 Å². The minimum Gasteiger partial charge on any atom is -0.469 e. The van der Waals surface area contributed by atoms with Crippen LogP contribution in [0.15, 0.2) is 23.2 Å². The van der Waals surface area contributed by atoms with Crippen molar-refractivity contribution in [3.05, 3.63) is 35.4 Å². The number of nitrogens with one attached hydrogen (secondary N) is 2. The number of guanidine groups is 1. The van der Waals surface area contributed by atoms with Crippen molar-refractivity contribution in [2.24, 2.45) is 4.99 Å². The Labute approximate surface area is 151 Å². The Kier molecular flexibility index (Phi) is 11.3. The zero-order valence-corrected chi connectivity index (χ0v) is 15.5. The first-order chi connectivity index (χ1) is 10.6. The Morgan fingerprint density at radius 2 is 2.00 bits per heavy atom. The van der Waals surface area contributed by atoms with Crippen LogP contribution in [0.25, 0.3) is 0 Å². The van der Waals surface area contributed by atoms with Crippen LogP contribution in [0.2, 0.25) is 0 Å². The lowest BCUT2D eigenvalue weighted by Gasteiger charge is -2.12. The molecule has 0 aliphatic carbocycles.